The number of pyridine rings is 1. The Labute approximate surface area is 152 Å². The Morgan fingerprint density at radius 3 is 2.58 bits per heavy atom. The van der Waals surface area contributed by atoms with Crippen LogP contribution in [0, 0.1) is 6.92 Å². The number of cyclic esters (lactones) is 1. The van der Waals surface area contributed by atoms with E-state index < -0.39 is 16.1 Å². The summed E-state index contributed by atoms with van der Waals surface area (Å²) in [7, 11) is -3.68. The minimum Gasteiger partial charge on any atom is -0.447 e. The molecule has 26 heavy (non-hydrogen) atoms. The van der Waals surface area contributed by atoms with Gasteiger partial charge in [0.1, 0.15) is 12.4 Å². The van der Waals surface area contributed by atoms with E-state index in [0.717, 1.165) is 11.1 Å². The molecule has 0 N–H and O–H groups in total. The van der Waals surface area contributed by atoms with Gasteiger partial charge in [-0.25, -0.2) is 18.2 Å². The summed E-state index contributed by atoms with van der Waals surface area (Å²) >= 11 is 0. The fourth-order valence-corrected chi connectivity index (χ4v) is 4.90. The molecule has 136 valence electrons. The molecule has 1 aromatic heterocycles. The van der Waals surface area contributed by atoms with E-state index in [1.165, 1.54) is 9.21 Å². The Morgan fingerprint density at radius 2 is 1.88 bits per heavy atom. The van der Waals surface area contributed by atoms with Crippen molar-refractivity contribution in [3.8, 4) is 0 Å². The number of ether oxygens (including phenoxy) is 1. The lowest BCUT2D eigenvalue weighted by molar-refractivity contribution is 0.181. The minimum atomic E-state index is -3.68. The first kappa shape index (κ1) is 16.8. The Hall–Kier alpha value is -2.61. The van der Waals surface area contributed by atoms with E-state index >= 15 is 0 Å². The lowest BCUT2D eigenvalue weighted by Gasteiger charge is -2.32. The van der Waals surface area contributed by atoms with E-state index in [2.05, 4.69) is 4.98 Å². The van der Waals surface area contributed by atoms with Crippen LogP contribution in [0.1, 0.15) is 17.5 Å². The van der Waals surface area contributed by atoms with Gasteiger partial charge in [0, 0.05) is 18.3 Å². The molecule has 2 aliphatic rings. The number of benzene rings is 1. The molecule has 1 aromatic carbocycles. The third-order valence-electron chi connectivity index (χ3n) is 4.69. The van der Waals surface area contributed by atoms with Crippen molar-refractivity contribution in [3.05, 3.63) is 47.7 Å². The van der Waals surface area contributed by atoms with Crippen LogP contribution in [-0.2, 0) is 21.2 Å². The highest BCUT2D eigenvalue weighted by Crippen LogP contribution is 2.37. The molecule has 7 nitrogen and oxygen atoms in total. The maximum atomic E-state index is 13.2. The summed E-state index contributed by atoms with van der Waals surface area (Å²) in [6.45, 7) is 3.05. The van der Waals surface area contributed by atoms with Gasteiger partial charge in [-0.15, -0.1) is 0 Å². The normalized spacial score (nSPS) is 17.2. The third kappa shape index (κ3) is 2.70. The quantitative estimate of drug-likeness (QED) is 0.826. The van der Waals surface area contributed by atoms with E-state index in [0.29, 0.717) is 44.0 Å². The van der Waals surface area contributed by atoms with Crippen molar-refractivity contribution < 1.29 is 17.9 Å². The number of anilines is 2. The predicted molar refractivity (Wildman–Crippen MR) is 97.0 cm³/mol. The molecule has 1 fully saturated rings. The number of hydrogen-bond donors (Lipinski definition) is 0. The maximum Gasteiger partial charge on any atom is 0.415 e. The average Bonchev–Trinajstić information content (AvgIpc) is 3.07. The largest absolute Gasteiger partial charge is 0.447 e. The highest BCUT2D eigenvalue weighted by atomic mass is 32.2. The molecule has 0 atom stereocenters. The van der Waals surface area contributed by atoms with Crippen LogP contribution in [0.25, 0.3) is 0 Å². The molecule has 0 aliphatic carbocycles. The summed E-state index contributed by atoms with van der Waals surface area (Å²) in [5.41, 5.74) is 2.36. The van der Waals surface area contributed by atoms with Gasteiger partial charge in [-0.3, -0.25) is 9.21 Å². The number of sulfonamides is 1. The van der Waals surface area contributed by atoms with Crippen molar-refractivity contribution in [2.45, 2.75) is 24.7 Å². The molecule has 1 saturated heterocycles. The van der Waals surface area contributed by atoms with Crippen LogP contribution in [0.15, 0.2) is 41.4 Å². The van der Waals surface area contributed by atoms with E-state index in [1.54, 1.807) is 36.5 Å². The lowest BCUT2D eigenvalue weighted by atomic mass is 10.0. The van der Waals surface area contributed by atoms with Crippen LogP contribution in [0.2, 0.25) is 0 Å². The summed E-state index contributed by atoms with van der Waals surface area (Å²) in [5, 5.41) is 0. The number of aryl methyl sites for hydroxylation is 1. The van der Waals surface area contributed by atoms with Crippen molar-refractivity contribution in [1.82, 2.24) is 4.98 Å². The summed E-state index contributed by atoms with van der Waals surface area (Å²) in [4.78, 5) is 18.0. The number of hydrogen-bond acceptors (Lipinski definition) is 5. The van der Waals surface area contributed by atoms with Crippen LogP contribution >= 0.6 is 0 Å². The van der Waals surface area contributed by atoms with E-state index in [9.17, 15) is 13.2 Å². The third-order valence-corrected chi connectivity index (χ3v) is 6.52. The van der Waals surface area contributed by atoms with E-state index in [-0.39, 0.29) is 4.90 Å². The Balaban J connectivity index is 1.78. The number of nitrogens with zero attached hydrogens (tertiary/aromatic N) is 3. The zero-order chi connectivity index (χ0) is 18.3. The topological polar surface area (TPSA) is 79.8 Å². The Kier molecular flexibility index (Phi) is 4.07. The van der Waals surface area contributed by atoms with Gasteiger partial charge >= 0.3 is 6.09 Å². The molecule has 8 heteroatoms. The van der Waals surface area contributed by atoms with Crippen LogP contribution in [0.5, 0.6) is 0 Å². The van der Waals surface area contributed by atoms with Crippen molar-refractivity contribution in [2.24, 2.45) is 0 Å². The predicted octanol–water partition coefficient (Wildman–Crippen LogP) is 2.49. The lowest BCUT2D eigenvalue weighted by Crippen LogP contribution is -2.37. The molecule has 2 aromatic rings. The smallest absolute Gasteiger partial charge is 0.415 e. The van der Waals surface area contributed by atoms with Gasteiger partial charge in [-0.1, -0.05) is 17.7 Å². The molecular formula is C18H19N3O4S. The molecular weight excluding hydrogens is 354 g/mol. The number of aromatic nitrogens is 1. The summed E-state index contributed by atoms with van der Waals surface area (Å²) in [6.07, 6.45) is 2.44. The number of carbonyl (C=O) groups excluding carboxylic acids is 1. The SMILES string of the molecule is Cc1ccc(S(=O)(=O)N2CCCc3c2ccnc3N2CCOC2=O)cc1. The number of carbonyl (C=O) groups is 1. The fourth-order valence-electron chi connectivity index (χ4n) is 3.37. The van der Waals surface area contributed by atoms with Gasteiger partial charge in [-0.2, -0.15) is 0 Å². The van der Waals surface area contributed by atoms with Crippen molar-refractivity contribution in [3.63, 3.8) is 0 Å². The van der Waals surface area contributed by atoms with E-state index in [4.69, 9.17) is 4.74 Å². The zero-order valence-electron chi connectivity index (χ0n) is 14.4. The highest BCUT2D eigenvalue weighted by Gasteiger charge is 2.34. The second-order valence-corrected chi connectivity index (χ2v) is 8.25. The van der Waals surface area contributed by atoms with Gasteiger partial charge < -0.3 is 4.74 Å². The van der Waals surface area contributed by atoms with Gasteiger partial charge in [-0.05, 0) is 38.0 Å². The minimum absolute atomic E-state index is 0.259. The molecule has 4 rings (SSSR count). The summed E-state index contributed by atoms with van der Waals surface area (Å²) in [6, 6.07) is 8.52. The van der Waals surface area contributed by atoms with E-state index in [1.807, 2.05) is 6.92 Å². The van der Waals surface area contributed by atoms with Gasteiger partial charge in [0.05, 0.1) is 17.1 Å². The molecule has 0 saturated carbocycles. The second-order valence-electron chi connectivity index (χ2n) is 6.39. The average molecular weight is 373 g/mol. The highest BCUT2D eigenvalue weighted by molar-refractivity contribution is 7.92. The molecule has 2 aliphatic heterocycles. The van der Waals surface area contributed by atoms with Crippen LogP contribution in [-0.4, -0.2) is 39.2 Å². The van der Waals surface area contributed by atoms with Gasteiger partial charge in [0.2, 0.25) is 0 Å². The standard InChI is InChI=1S/C18H19N3O4S/c1-13-4-6-14(7-5-13)26(23,24)21-10-2-3-15-16(21)8-9-19-17(15)20-11-12-25-18(20)22/h4-9H,2-3,10-12H2,1H3. The Bertz CT molecular complexity index is 957. The fraction of sp³-hybridized carbons (Fsp3) is 0.333. The molecule has 0 unspecified atom stereocenters. The molecule has 3 heterocycles. The van der Waals surface area contributed by atoms with Crippen LogP contribution in [0.3, 0.4) is 0 Å². The summed E-state index contributed by atoms with van der Waals surface area (Å²) in [5.74, 6) is 0.494. The number of fused-ring (bicyclic) bond motifs is 1. The molecule has 0 bridgehead atoms. The summed E-state index contributed by atoms with van der Waals surface area (Å²) < 4.78 is 32.7. The first-order chi connectivity index (χ1) is 12.5. The first-order valence-corrected chi connectivity index (χ1v) is 9.94. The molecule has 0 radical (unpaired) electrons. The van der Waals surface area contributed by atoms with Gasteiger partial charge in [0.25, 0.3) is 10.0 Å². The maximum absolute atomic E-state index is 13.2. The zero-order valence-corrected chi connectivity index (χ0v) is 15.2. The molecule has 1 amide bonds. The van der Waals surface area contributed by atoms with Crippen molar-refractivity contribution >= 4 is 27.6 Å². The van der Waals surface area contributed by atoms with Gasteiger partial charge in [0.15, 0.2) is 0 Å². The monoisotopic (exact) mass is 373 g/mol. The van der Waals surface area contributed by atoms with Crippen molar-refractivity contribution in [1.29, 1.82) is 0 Å². The van der Waals surface area contributed by atoms with Crippen molar-refractivity contribution in [2.75, 3.05) is 28.9 Å². The van der Waals surface area contributed by atoms with Crippen LogP contribution < -0.4 is 9.21 Å². The second kappa shape index (κ2) is 6.28. The van der Waals surface area contributed by atoms with Crippen LogP contribution in [0.4, 0.5) is 16.3 Å². The number of rotatable bonds is 3. The first-order valence-electron chi connectivity index (χ1n) is 8.50. The number of amides is 1. The Morgan fingerprint density at radius 1 is 1.12 bits per heavy atom. The molecule has 0 spiro atoms.